The van der Waals surface area contributed by atoms with Crippen LogP contribution in [0, 0.1) is 0 Å². The van der Waals surface area contributed by atoms with Crippen LogP contribution in [0.5, 0.6) is 0 Å². The van der Waals surface area contributed by atoms with Crippen molar-refractivity contribution < 1.29 is 13.2 Å². The average molecular weight is 394 g/mol. The van der Waals surface area contributed by atoms with Crippen LogP contribution in [-0.4, -0.2) is 43.4 Å². The van der Waals surface area contributed by atoms with Gasteiger partial charge < -0.3 is 10.2 Å². The molecule has 1 aliphatic rings. The van der Waals surface area contributed by atoms with Crippen molar-refractivity contribution in [2.75, 3.05) is 28.3 Å². The Hall–Kier alpha value is -2.12. The molecule has 3 rings (SSSR count). The Bertz CT molecular complexity index is 883. The molecule has 8 heteroatoms. The molecule has 1 fully saturated rings. The maximum atomic E-state index is 12.3. The van der Waals surface area contributed by atoms with Gasteiger partial charge in [-0.2, -0.15) is 0 Å². The summed E-state index contributed by atoms with van der Waals surface area (Å²) in [6.45, 7) is 2.62. The summed E-state index contributed by atoms with van der Waals surface area (Å²) in [5.41, 5.74) is 1.08. The Labute approximate surface area is 158 Å². The van der Waals surface area contributed by atoms with Gasteiger partial charge >= 0.3 is 0 Å². The number of anilines is 2. The van der Waals surface area contributed by atoms with Gasteiger partial charge in [0.15, 0.2) is 9.84 Å². The average Bonchev–Trinajstić information content (AvgIpc) is 2.98. The molecule has 1 aromatic heterocycles. The highest BCUT2D eigenvalue weighted by Crippen LogP contribution is 2.23. The van der Waals surface area contributed by atoms with E-state index in [0.717, 1.165) is 0 Å². The van der Waals surface area contributed by atoms with Gasteiger partial charge in [0.05, 0.1) is 17.1 Å². The lowest BCUT2D eigenvalue weighted by molar-refractivity contribution is 0.102. The van der Waals surface area contributed by atoms with Crippen LogP contribution in [0.1, 0.15) is 23.7 Å². The van der Waals surface area contributed by atoms with Crippen LogP contribution in [0.25, 0.3) is 0 Å². The van der Waals surface area contributed by atoms with Crippen molar-refractivity contribution in [2.45, 2.75) is 19.4 Å². The highest BCUT2D eigenvalue weighted by atomic mass is 35.5. The number of sulfone groups is 1. The third kappa shape index (κ3) is 4.34. The maximum absolute atomic E-state index is 12.3. The van der Waals surface area contributed by atoms with E-state index in [9.17, 15) is 13.2 Å². The van der Waals surface area contributed by atoms with Crippen LogP contribution in [0.4, 0.5) is 11.5 Å². The summed E-state index contributed by atoms with van der Waals surface area (Å²) in [5.74, 6) is 0.785. The van der Waals surface area contributed by atoms with Gasteiger partial charge in [0, 0.05) is 29.5 Å². The van der Waals surface area contributed by atoms with Gasteiger partial charge in [-0.05, 0) is 49.7 Å². The second-order valence-corrected chi connectivity index (χ2v) is 8.87. The second kappa shape index (κ2) is 7.63. The monoisotopic (exact) mass is 393 g/mol. The Morgan fingerprint density at radius 2 is 2.00 bits per heavy atom. The molecule has 2 aromatic rings. The first-order chi connectivity index (χ1) is 12.4. The lowest BCUT2D eigenvalue weighted by Gasteiger charge is -2.27. The van der Waals surface area contributed by atoms with E-state index < -0.39 is 9.84 Å². The van der Waals surface area contributed by atoms with E-state index in [1.54, 1.807) is 36.4 Å². The van der Waals surface area contributed by atoms with Gasteiger partial charge in [-0.1, -0.05) is 11.6 Å². The molecule has 0 radical (unpaired) electrons. The number of rotatable bonds is 5. The van der Waals surface area contributed by atoms with E-state index in [4.69, 9.17) is 11.6 Å². The summed E-state index contributed by atoms with van der Waals surface area (Å²) in [6.07, 6.45) is 2.11. The predicted octanol–water partition coefficient (Wildman–Crippen LogP) is 3.00. The first kappa shape index (κ1) is 18.7. The number of carbonyl (C=O) groups is 1. The number of aromatic nitrogens is 1. The molecule has 6 nitrogen and oxygen atoms in total. The third-order valence-corrected chi connectivity index (χ3v) is 6.40. The summed E-state index contributed by atoms with van der Waals surface area (Å²) in [5, 5.41) is 3.38. The molecule has 0 saturated carbocycles. The van der Waals surface area contributed by atoms with Crippen LogP contribution < -0.4 is 10.2 Å². The molecular formula is C18H20ClN3O3S. The predicted molar refractivity (Wildman–Crippen MR) is 104 cm³/mol. The van der Waals surface area contributed by atoms with Gasteiger partial charge in [0.1, 0.15) is 5.82 Å². The standard InChI is InChI=1S/C18H20ClN3O3S/c1-2-22(16-9-10-26(24,25)12-16)17-8-3-13(11-20-17)18(23)21-15-6-4-14(19)5-7-15/h3-8,11,16H,2,9-10,12H2,1H3,(H,21,23). The molecule has 1 unspecified atom stereocenters. The summed E-state index contributed by atoms with van der Waals surface area (Å²) in [7, 11) is -2.96. The van der Waals surface area contributed by atoms with Crippen molar-refractivity contribution in [1.82, 2.24) is 4.98 Å². The lowest BCUT2D eigenvalue weighted by atomic mass is 10.2. The molecule has 0 aliphatic carbocycles. The van der Waals surface area contributed by atoms with Crippen molar-refractivity contribution >= 4 is 38.9 Å². The molecule has 0 spiro atoms. The topological polar surface area (TPSA) is 79.4 Å². The van der Waals surface area contributed by atoms with E-state index in [0.29, 0.717) is 35.1 Å². The van der Waals surface area contributed by atoms with Crippen molar-refractivity contribution in [2.24, 2.45) is 0 Å². The number of nitrogens with zero attached hydrogens (tertiary/aromatic N) is 2. The van der Waals surface area contributed by atoms with Crippen LogP contribution in [-0.2, 0) is 9.84 Å². The van der Waals surface area contributed by atoms with Crippen molar-refractivity contribution in [1.29, 1.82) is 0 Å². The van der Waals surface area contributed by atoms with Crippen LogP contribution >= 0.6 is 11.6 Å². The second-order valence-electron chi connectivity index (χ2n) is 6.21. The van der Waals surface area contributed by atoms with Crippen LogP contribution in [0.3, 0.4) is 0 Å². The summed E-state index contributed by atoms with van der Waals surface area (Å²) in [6, 6.07) is 10.2. The number of carbonyl (C=O) groups excluding carboxylic acids is 1. The molecule has 1 amide bonds. The highest BCUT2D eigenvalue weighted by molar-refractivity contribution is 7.91. The van der Waals surface area contributed by atoms with Crippen molar-refractivity contribution in [3.05, 3.63) is 53.2 Å². The largest absolute Gasteiger partial charge is 0.353 e. The molecule has 138 valence electrons. The smallest absolute Gasteiger partial charge is 0.257 e. The fourth-order valence-electron chi connectivity index (χ4n) is 3.06. The lowest BCUT2D eigenvalue weighted by Crippen LogP contribution is -2.36. The van der Waals surface area contributed by atoms with E-state index in [1.807, 2.05) is 11.8 Å². The van der Waals surface area contributed by atoms with Crippen molar-refractivity contribution in [3.63, 3.8) is 0 Å². The number of pyridine rings is 1. The van der Waals surface area contributed by atoms with Gasteiger partial charge in [0.25, 0.3) is 5.91 Å². The van der Waals surface area contributed by atoms with Crippen LogP contribution in [0.2, 0.25) is 5.02 Å². The third-order valence-electron chi connectivity index (χ3n) is 4.40. The van der Waals surface area contributed by atoms with E-state index in [2.05, 4.69) is 10.3 Å². The minimum atomic E-state index is -2.96. The molecule has 1 aromatic carbocycles. The molecule has 2 heterocycles. The summed E-state index contributed by atoms with van der Waals surface area (Å²) < 4.78 is 23.4. The molecule has 1 saturated heterocycles. The number of amides is 1. The molecule has 1 atom stereocenters. The zero-order chi connectivity index (χ0) is 18.7. The fourth-order valence-corrected chi connectivity index (χ4v) is 4.91. The van der Waals surface area contributed by atoms with E-state index in [-0.39, 0.29) is 23.5 Å². The number of halogens is 1. The zero-order valence-electron chi connectivity index (χ0n) is 14.4. The maximum Gasteiger partial charge on any atom is 0.257 e. The minimum absolute atomic E-state index is 0.0637. The summed E-state index contributed by atoms with van der Waals surface area (Å²) in [4.78, 5) is 18.7. The highest BCUT2D eigenvalue weighted by Gasteiger charge is 2.32. The number of hydrogen-bond acceptors (Lipinski definition) is 5. The number of hydrogen-bond donors (Lipinski definition) is 1. The molecule has 1 aliphatic heterocycles. The van der Waals surface area contributed by atoms with Gasteiger partial charge in [-0.3, -0.25) is 4.79 Å². The van der Waals surface area contributed by atoms with E-state index in [1.165, 1.54) is 6.20 Å². The summed E-state index contributed by atoms with van der Waals surface area (Å²) >= 11 is 5.83. The fraction of sp³-hybridized carbons (Fsp3) is 0.333. The minimum Gasteiger partial charge on any atom is -0.353 e. The molecule has 1 N–H and O–H groups in total. The Morgan fingerprint density at radius 1 is 1.27 bits per heavy atom. The molecular weight excluding hydrogens is 374 g/mol. The normalized spacial score (nSPS) is 18.5. The molecule has 0 bridgehead atoms. The first-order valence-electron chi connectivity index (χ1n) is 8.38. The van der Waals surface area contributed by atoms with E-state index >= 15 is 0 Å². The quantitative estimate of drug-likeness (QED) is 0.844. The number of nitrogens with one attached hydrogen (secondary N) is 1. The first-order valence-corrected chi connectivity index (χ1v) is 10.6. The van der Waals surface area contributed by atoms with Gasteiger partial charge in [0.2, 0.25) is 0 Å². The number of benzene rings is 1. The SMILES string of the molecule is CCN(c1ccc(C(=O)Nc2ccc(Cl)cc2)cn1)C1CCS(=O)(=O)C1. The van der Waals surface area contributed by atoms with Gasteiger partial charge in [-0.25, -0.2) is 13.4 Å². The zero-order valence-corrected chi connectivity index (χ0v) is 15.9. The Balaban J connectivity index is 1.70. The molecule has 26 heavy (non-hydrogen) atoms. The van der Waals surface area contributed by atoms with Crippen LogP contribution in [0.15, 0.2) is 42.6 Å². The Morgan fingerprint density at radius 3 is 2.54 bits per heavy atom. The Kier molecular flexibility index (Phi) is 5.48. The van der Waals surface area contributed by atoms with Gasteiger partial charge in [-0.15, -0.1) is 0 Å². The van der Waals surface area contributed by atoms with Crippen molar-refractivity contribution in [3.8, 4) is 0 Å².